The lowest BCUT2D eigenvalue weighted by molar-refractivity contribution is -0.0856. The second-order valence-corrected chi connectivity index (χ2v) is 11.9. The fourth-order valence-corrected chi connectivity index (χ4v) is 6.65. The second kappa shape index (κ2) is 11.2. The molecular weight excluding hydrogens is 580 g/mol. The lowest BCUT2D eigenvalue weighted by atomic mass is 9.78. The number of hydrogen-bond acceptors (Lipinski definition) is 6. The third-order valence-electron chi connectivity index (χ3n) is 6.82. The first kappa shape index (κ1) is 29.9. The minimum atomic E-state index is -3.85. The Morgan fingerprint density at radius 1 is 1.11 bits per heavy atom. The SMILES string of the molecule is Cl.Cn1cc(S(=O)(=O)N2CCN(C3(CNC(=O)c4c(F)cc(Cl)cc4Cl)CCC(F)(F)CC3)CC2)nn1. The molecule has 1 aromatic carbocycles. The van der Waals surface area contributed by atoms with Gasteiger partial charge in [-0.25, -0.2) is 21.6 Å². The third-order valence-corrected chi connectivity index (χ3v) is 9.10. The molecule has 2 heterocycles. The second-order valence-electron chi connectivity index (χ2n) is 9.13. The number of carbonyl (C=O) groups excluding carboxylic acids is 1. The van der Waals surface area contributed by atoms with Gasteiger partial charge in [0.1, 0.15) is 5.82 Å². The molecule has 16 heteroatoms. The molecule has 1 amide bonds. The van der Waals surface area contributed by atoms with Crippen LogP contribution in [-0.4, -0.2) is 82.7 Å². The summed E-state index contributed by atoms with van der Waals surface area (Å²) in [5.74, 6) is -4.50. The highest BCUT2D eigenvalue weighted by Gasteiger charge is 2.48. The average molecular weight is 606 g/mol. The molecule has 0 atom stereocenters. The van der Waals surface area contributed by atoms with Gasteiger partial charge in [-0.3, -0.25) is 14.4 Å². The molecule has 1 aliphatic carbocycles. The summed E-state index contributed by atoms with van der Waals surface area (Å²) in [5.41, 5.74) is -1.23. The van der Waals surface area contributed by atoms with Gasteiger partial charge in [-0.1, -0.05) is 28.4 Å². The molecule has 4 rings (SSSR count). The lowest BCUT2D eigenvalue weighted by Gasteiger charge is -2.50. The zero-order valence-electron chi connectivity index (χ0n) is 19.8. The van der Waals surface area contributed by atoms with E-state index < -0.39 is 33.2 Å². The van der Waals surface area contributed by atoms with Gasteiger partial charge in [0.2, 0.25) is 10.9 Å². The zero-order chi connectivity index (χ0) is 26.3. The van der Waals surface area contributed by atoms with Crippen molar-refractivity contribution in [3.05, 3.63) is 39.8 Å². The van der Waals surface area contributed by atoms with Crippen molar-refractivity contribution < 1.29 is 26.4 Å². The number of benzene rings is 1. The highest BCUT2D eigenvalue weighted by Crippen LogP contribution is 2.42. The van der Waals surface area contributed by atoms with Gasteiger partial charge in [0.15, 0.2) is 0 Å². The number of halogens is 6. The van der Waals surface area contributed by atoms with Crippen LogP contribution in [0.3, 0.4) is 0 Å². The average Bonchev–Trinajstić information content (AvgIpc) is 3.25. The quantitative estimate of drug-likeness (QED) is 0.542. The van der Waals surface area contributed by atoms with E-state index in [0.717, 1.165) is 6.07 Å². The minimum Gasteiger partial charge on any atom is -0.350 e. The standard InChI is InChI=1S/C21H25Cl2F3N6O3S.ClH/c1-30-12-17(28-29-30)36(34,35)32-8-6-31(7-9-32)20(2-4-21(25,26)5-3-20)13-27-19(33)18-15(23)10-14(22)11-16(18)24;/h10-12H,2-9,13H2,1H3,(H,27,33);1H. The van der Waals surface area contributed by atoms with Crippen LogP contribution in [0.2, 0.25) is 10.0 Å². The summed E-state index contributed by atoms with van der Waals surface area (Å²) >= 11 is 11.8. The van der Waals surface area contributed by atoms with Crippen LogP contribution in [0.25, 0.3) is 0 Å². The molecule has 37 heavy (non-hydrogen) atoms. The summed E-state index contributed by atoms with van der Waals surface area (Å²) in [4.78, 5) is 14.7. The van der Waals surface area contributed by atoms with Gasteiger partial charge in [0.25, 0.3) is 15.9 Å². The van der Waals surface area contributed by atoms with Crippen molar-refractivity contribution in [3.63, 3.8) is 0 Å². The van der Waals surface area contributed by atoms with E-state index >= 15 is 0 Å². The van der Waals surface area contributed by atoms with Gasteiger partial charge in [-0.2, -0.15) is 4.31 Å². The normalized spacial score (nSPS) is 20.3. The van der Waals surface area contributed by atoms with Crippen molar-refractivity contribution in [2.45, 2.75) is 42.2 Å². The number of aryl methyl sites for hydroxylation is 1. The molecule has 1 aliphatic heterocycles. The predicted octanol–water partition coefficient (Wildman–Crippen LogP) is 3.37. The van der Waals surface area contributed by atoms with Gasteiger partial charge in [-0.05, 0) is 25.0 Å². The fourth-order valence-electron chi connectivity index (χ4n) is 4.76. The van der Waals surface area contributed by atoms with Crippen molar-refractivity contribution >= 4 is 51.5 Å². The van der Waals surface area contributed by atoms with Crippen LogP contribution in [0, 0.1) is 5.82 Å². The summed E-state index contributed by atoms with van der Waals surface area (Å²) in [6.45, 7) is 0.719. The molecule has 1 aromatic heterocycles. The van der Waals surface area contributed by atoms with E-state index in [0.29, 0.717) is 0 Å². The van der Waals surface area contributed by atoms with E-state index in [1.54, 1.807) is 7.05 Å². The van der Waals surface area contributed by atoms with Gasteiger partial charge in [0.05, 0.1) is 16.8 Å². The van der Waals surface area contributed by atoms with Crippen molar-refractivity contribution in [1.29, 1.82) is 0 Å². The molecule has 0 radical (unpaired) electrons. The van der Waals surface area contributed by atoms with Crippen molar-refractivity contribution in [3.8, 4) is 0 Å². The van der Waals surface area contributed by atoms with Gasteiger partial charge in [0, 0.05) is 63.2 Å². The zero-order valence-corrected chi connectivity index (χ0v) is 22.9. The number of nitrogens with one attached hydrogen (secondary N) is 1. The minimum absolute atomic E-state index is 0. The number of alkyl halides is 2. The molecular formula is C21H26Cl3F3N6O3S. The Balaban J connectivity index is 0.00000380. The molecule has 2 aliphatic rings. The maximum atomic E-state index is 14.4. The number of carbonyl (C=O) groups is 1. The highest BCUT2D eigenvalue weighted by atomic mass is 35.5. The lowest BCUT2D eigenvalue weighted by Crippen LogP contribution is -2.63. The Morgan fingerprint density at radius 2 is 1.73 bits per heavy atom. The summed E-state index contributed by atoms with van der Waals surface area (Å²) in [5, 5.41) is 9.72. The van der Waals surface area contributed by atoms with Gasteiger partial charge >= 0.3 is 0 Å². The third kappa shape index (κ3) is 6.34. The molecule has 206 valence electrons. The summed E-state index contributed by atoms with van der Waals surface area (Å²) < 4.78 is 70.8. The van der Waals surface area contributed by atoms with Gasteiger partial charge < -0.3 is 5.32 Å². The Bertz CT molecular complexity index is 1220. The van der Waals surface area contributed by atoms with Crippen LogP contribution in [0.5, 0.6) is 0 Å². The fraction of sp³-hybridized carbons (Fsp3) is 0.571. The Kier molecular flexibility index (Phi) is 9.08. The van der Waals surface area contributed by atoms with E-state index in [1.807, 2.05) is 4.90 Å². The number of hydrogen-bond donors (Lipinski definition) is 1. The van der Waals surface area contributed by atoms with Crippen molar-refractivity contribution in [2.24, 2.45) is 7.05 Å². The van der Waals surface area contributed by atoms with E-state index in [9.17, 15) is 26.4 Å². The molecule has 9 nitrogen and oxygen atoms in total. The molecule has 0 unspecified atom stereocenters. The van der Waals surface area contributed by atoms with E-state index in [-0.39, 0.29) is 91.4 Å². The topological polar surface area (TPSA) is 100 Å². The van der Waals surface area contributed by atoms with Crippen LogP contribution in [0.15, 0.2) is 23.4 Å². The van der Waals surface area contributed by atoms with E-state index in [1.165, 1.54) is 21.3 Å². The summed E-state index contributed by atoms with van der Waals surface area (Å²) in [6, 6.07) is 2.21. The molecule has 1 N–H and O–H groups in total. The van der Waals surface area contributed by atoms with Crippen LogP contribution in [0.1, 0.15) is 36.0 Å². The maximum absolute atomic E-state index is 14.4. The molecule has 0 bridgehead atoms. The number of sulfonamides is 1. The number of nitrogens with zero attached hydrogens (tertiary/aromatic N) is 5. The maximum Gasteiger partial charge on any atom is 0.264 e. The molecule has 2 aromatic rings. The number of amides is 1. The first-order valence-corrected chi connectivity index (χ1v) is 13.4. The van der Waals surface area contributed by atoms with Crippen molar-refractivity contribution in [1.82, 2.24) is 29.5 Å². The molecule has 1 saturated carbocycles. The predicted molar refractivity (Wildman–Crippen MR) is 133 cm³/mol. The smallest absolute Gasteiger partial charge is 0.264 e. The van der Waals surface area contributed by atoms with Crippen LogP contribution < -0.4 is 5.32 Å². The van der Waals surface area contributed by atoms with Gasteiger partial charge in [-0.15, -0.1) is 17.5 Å². The first-order valence-electron chi connectivity index (χ1n) is 11.3. The summed E-state index contributed by atoms with van der Waals surface area (Å²) in [7, 11) is -2.29. The van der Waals surface area contributed by atoms with Crippen molar-refractivity contribution in [2.75, 3.05) is 32.7 Å². The van der Waals surface area contributed by atoms with E-state index in [4.69, 9.17) is 23.2 Å². The van der Waals surface area contributed by atoms with Crippen LogP contribution >= 0.6 is 35.6 Å². The number of aromatic nitrogens is 3. The molecule has 0 spiro atoms. The number of piperazine rings is 1. The van der Waals surface area contributed by atoms with Crippen LogP contribution in [0.4, 0.5) is 13.2 Å². The monoisotopic (exact) mass is 604 g/mol. The Morgan fingerprint density at radius 3 is 2.27 bits per heavy atom. The largest absolute Gasteiger partial charge is 0.350 e. The summed E-state index contributed by atoms with van der Waals surface area (Å²) in [6.07, 6.45) is 0.707. The Labute approximate surface area is 228 Å². The number of rotatable bonds is 6. The molecule has 2 fully saturated rings. The Hall–Kier alpha value is -1.64. The highest BCUT2D eigenvalue weighted by molar-refractivity contribution is 7.89. The molecule has 1 saturated heterocycles. The first-order chi connectivity index (χ1) is 16.8. The van der Waals surface area contributed by atoms with E-state index in [2.05, 4.69) is 15.6 Å². The van der Waals surface area contributed by atoms with Crippen LogP contribution in [-0.2, 0) is 17.1 Å².